The molecular weight excluding hydrogens is 268 g/mol. The molecule has 1 N–H and O–H groups in total. The number of aryl methyl sites for hydroxylation is 1. The van der Waals surface area contributed by atoms with Crippen LogP contribution < -0.4 is 10.2 Å². The third-order valence-electron chi connectivity index (χ3n) is 3.46. The predicted octanol–water partition coefficient (Wildman–Crippen LogP) is 4.89. The van der Waals surface area contributed by atoms with Gasteiger partial charge in [0.15, 0.2) is 0 Å². The average Bonchev–Trinajstić information content (AvgIpc) is 2.43. The molecule has 2 nitrogen and oxygen atoms in total. The highest BCUT2D eigenvalue weighted by Gasteiger charge is 2.06. The van der Waals surface area contributed by atoms with Crippen molar-refractivity contribution in [3.8, 4) is 0 Å². The fourth-order valence-electron chi connectivity index (χ4n) is 2.08. The van der Waals surface area contributed by atoms with Crippen LogP contribution in [-0.2, 0) is 0 Å². The van der Waals surface area contributed by atoms with Crippen LogP contribution >= 0.6 is 11.6 Å². The maximum atomic E-state index is 6.15. The Balaban J connectivity index is 2.10. The lowest BCUT2D eigenvalue weighted by Gasteiger charge is -2.18. The van der Waals surface area contributed by atoms with Gasteiger partial charge in [-0.2, -0.15) is 0 Å². The van der Waals surface area contributed by atoms with E-state index in [4.69, 9.17) is 11.6 Å². The van der Waals surface area contributed by atoms with Crippen LogP contribution in [0.4, 0.5) is 11.4 Å². The molecule has 1 unspecified atom stereocenters. The first-order valence-electron chi connectivity index (χ1n) is 6.77. The van der Waals surface area contributed by atoms with Gasteiger partial charge in [0, 0.05) is 36.5 Å². The fraction of sp³-hybridized carbons (Fsp3) is 0.294. The minimum absolute atomic E-state index is 0.241. The molecule has 0 aliphatic rings. The average molecular weight is 289 g/mol. The van der Waals surface area contributed by atoms with E-state index in [1.165, 1.54) is 11.3 Å². The normalized spacial score (nSPS) is 12.1. The molecule has 0 aliphatic carbocycles. The molecule has 0 saturated heterocycles. The molecule has 0 amide bonds. The van der Waals surface area contributed by atoms with Crippen molar-refractivity contribution in [3.63, 3.8) is 0 Å². The molecule has 1 atom stereocenters. The van der Waals surface area contributed by atoms with Crippen LogP contribution in [0.3, 0.4) is 0 Å². The lowest BCUT2D eigenvalue weighted by atomic mass is 10.1. The summed E-state index contributed by atoms with van der Waals surface area (Å²) in [5, 5.41) is 4.27. The van der Waals surface area contributed by atoms with Gasteiger partial charge in [-0.3, -0.25) is 0 Å². The van der Waals surface area contributed by atoms with Crippen molar-refractivity contribution in [2.45, 2.75) is 19.9 Å². The van der Waals surface area contributed by atoms with Gasteiger partial charge in [-0.25, -0.2) is 0 Å². The van der Waals surface area contributed by atoms with Crippen molar-refractivity contribution in [3.05, 3.63) is 58.6 Å². The van der Waals surface area contributed by atoms with Crippen LogP contribution in [0, 0.1) is 6.92 Å². The van der Waals surface area contributed by atoms with E-state index in [1.54, 1.807) is 0 Å². The Bertz CT molecular complexity index is 576. The topological polar surface area (TPSA) is 15.3 Å². The Morgan fingerprint density at radius 2 is 1.70 bits per heavy atom. The second-order valence-corrected chi connectivity index (χ2v) is 5.72. The molecule has 106 valence electrons. The Morgan fingerprint density at radius 3 is 2.25 bits per heavy atom. The Hall–Kier alpha value is -1.67. The van der Waals surface area contributed by atoms with E-state index in [1.807, 2.05) is 33.2 Å². The molecular formula is C17H21ClN2. The zero-order valence-corrected chi connectivity index (χ0v) is 13.2. The Kier molecular flexibility index (Phi) is 4.56. The van der Waals surface area contributed by atoms with Crippen molar-refractivity contribution in [2.24, 2.45) is 0 Å². The van der Waals surface area contributed by atoms with E-state index in [-0.39, 0.29) is 6.04 Å². The first kappa shape index (κ1) is 14.7. The van der Waals surface area contributed by atoms with Crippen LogP contribution in [0.15, 0.2) is 42.5 Å². The summed E-state index contributed by atoms with van der Waals surface area (Å²) in [6.45, 7) is 4.16. The van der Waals surface area contributed by atoms with Crippen molar-refractivity contribution < 1.29 is 0 Å². The third kappa shape index (κ3) is 3.45. The van der Waals surface area contributed by atoms with Crippen LogP contribution in [0.25, 0.3) is 0 Å². The lowest BCUT2D eigenvalue weighted by Crippen LogP contribution is -2.10. The van der Waals surface area contributed by atoms with Gasteiger partial charge >= 0.3 is 0 Å². The second-order valence-electron chi connectivity index (χ2n) is 5.32. The maximum Gasteiger partial charge on any atom is 0.0485 e. The minimum atomic E-state index is 0.241. The molecule has 0 saturated carbocycles. The van der Waals surface area contributed by atoms with Crippen LogP contribution in [0.2, 0.25) is 5.02 Å². The number of halogens is 1. The summed E-state index contributed by atoms with van der Waals surface area (Å²) in [6, 6.07) is 14.9. The zero-order chi connectivity index (χ0) is 14.7. The van der Waals surface area contributed by atoms with Crippen LogP contribution in [0.1, 0.15) is 24.1 Å². The van der Waals surface area contributed by atoms with Gasteiger partial charge < -0.3 is 10.2 Å². The van der Waals surface area contributed by atoms with Gasteiger partial charge in [-0.05, 0) is 49.2 Å². The molecule has 2 aromatic carbocycles. The molecule has 0 fully saturated rings. The van der Waals surface area contributed by atoms with Gasteiger partial charge in [0.05, 0.1) is 0 Å². The molecule has 3 heteroatoms. The summed E-state index contributed by atoms with van der Waals surface area (Å²) in [4.78, 5) is 2.10. The molecule has 0 radical (unpaired) electrons. The quantitative estimate of drug-likeness (QED) is 0.862. The highest BCUT2D eigenvalue weighted by atomic mass is 35.5. The Morgan fingerprint density at radius 1 is 1.05 bits per heavy atom. The summed E-state index contributed by atoms with van der Waals surface area (Å²) in [7, 11) is 4.09. The van der Waals surface area contributed by atoms with Gasteiger partial charge in [0.25, 0.3) is 0 Å². The SMILES string of the molecule is Cc1ccc(NC(C)c2ccc(N(C)C)cc2)cc1Cl. The predicted molar refractivity (Wildman–Crippen MR) is 89.0 cm³/mol. The highest BCUT2D eigenvalue weighted by molar-refractivity contribution is 6.31. The molecule has 2 rings (SSSR count). The van der Waals surface area contributed by atoms with Crippen molar-refractivity contribution in [1.29, 1.82) is 0 Å². The second kappa shape index (κ2) is 6.19. The minimum Gasteiger partial charge on any atom is -0.378 e. The van der Waals surface area contributed by atoms with Crippen LogP contribution in [0.5, 0.6) is 0 Å². The number of hydrogen-bond acceptors (Lipinski definition) is 2. The first-order chi connectivity index (χ1) is 9.47. The van der Waals surface area contributed by atoms with Crippen molar-refractivity contribution in [1.82, 2.24) is 0 Å². The summed E-state index contributed by atoms with van der Waals surface area (Å²) in [5.41, 5.74) is 4.61. The number of benzene rings is 2. The fourth-order valence-corrected chi connectivity index (χ4v) is 2.26. The van der Waals surface area contributed by atoms with Gasteiger partial charge in [-0.1, -0.05) is 29.8 Å². The number of nitrogens with zero attached hydrogens (tertiary/aromatic N) is 1. The molecule has 2 aromatic rings. The molecule has 0 aromatic heterocycles. The lowest BCUT2D eigenvalue weighted by molar-refractivity contribution is 0.884. The first-order valence-corrected chi connectivity index (χ1v) is 7.15. The monoisotopic (exact) mass is 288 g/mol. The molecule has 20 heavy (non-hydrogen) atoms. The summed E-state index contributed by atoms with van der Waals surface area (Å²) in [5.74, 6) is 0. The van der Waals surface area contributed by atoms with Gasteiger partial charge in [0.1, 0.15) is 0 Å². The van der Waals surface area contributed by atoms with E-state index >= 15 is 0 Å². The maximum absolute atomic E-state index is 6.15. The summed E-state index contributed by atoms with van der Waals surface area (Å²) < 4.78 is 0. The highest BCUT2D eigenvalue weighted by Crippen LogP contribution is 2.25. The standard InChI is InChI=1S/C17H21ClN2/c1-12-5-8-15(11-17(12)18)19-13(2)14-6-9-16(10-7-14)20(3)4/h5-11,13,19H,1-4H3. The van der Waals surface area contributed by atoms with Gasteiger partial charge in [0.2, 0.25) is 0 Å². The van der Waals surface area contributed by atoms with E-state index < -0.39 is 0 Å². The molecule has 0 spiro atoms. The molecule has 0 aliphatic heterocycles. The van der Waals surface area contributed by atoms with Crippen molar-refractivity contribution in [2.75, 3.05) is 24.3 Å². The summed E-state index contributed by atoms with van der Waals surface area (Å²) >= 11 is 6.15. The Labute approximate surface area is 126 Å². The number of rotatable bonds is 4. The molecule has 0 heterocycles. The zero-order valence-electron chi connectivity index (χ0n) is 12.4. The van der Waals surface area contributed by atoms with Gasteiger partial charge in [-0.15, -0.1) is 0 Å². The number of hydrogen-bond donors (Lipinski definition) is 1. The smallest absolute Gasteiger partial charge is 0.0485 e. The third-order valence-corrected chi connectivity index (χ3v) is 3.87. The number of nitrogens with one attached hydrogen (secondary N) is 1. The summed E-state index contributed by atoms with van der Waals surface area (Å²) in [6.07, 6.45) is 0. The molecule has 0 bridgehead atoms. The van der Waals surface area contributed by atoms with Crippen LogP contribution in [-0.4, -0.2) is 14.1 Å². The van der Waals surface area contributed by atoms with E-state index in [0.717, 1.165) is 16.3 Å². The van der Waals surface area contributed by atoms with E-state index in [0.29, 0.717) is 0 Å². The van der Waals surface area contributed by atoms with E-state index in [2.05, 4.69) is 47.5 Å². The number of anilines is 2. The van der Waals surface area contributed by atoms with E-state index in [9.17, 15) is 0 Å². The largest absolute Gasteiger partial charge is 0.378 e. The van der Waals surface area contributed by atoms with Crippen molar-refractivity contribution >= 4 is 23.0 Å².